The largest absolute Gasteiger partial charge is 0.573 e. The third kappa shape index (κ3) is 19.9. The van der Waals surface area contributed by atoms with Crippen LogP contribution >= 0.6 is 0 Å². The second-order valence-corrected chi connectivity index (χ2v) is 11.5. The maximum atomic E-state index is 13.1. The first-order valence-electron chi connectivity index (χ1n) is 17.1. The van der Waals surface area contributed by atoms with Crippen molar-refractivity contribution >= 4 is 16.9 Å². The second kappa shape index (κ2) is 26.4. The third-order valence-electron chi connectivity index (χ3n) is 6.73. The van der Waals surface area contributed by atoms with Crippen molar-refractivity contribution < 1.29 is 22.7 Å². The molecule has 0 atom stereocenters. The van der Waals surface area contributed by atoms with Crippen LogP contribution in [0.15, 0.2) is 72.8 Å². The molecule has 272 valence electrons. The van der Waals surface area contributed by atoms with Crippen molar-refractivity contribution in [2.24, 2.45) is 13.0 Å². The SMILES string of the molecule is C/C=C(/C)CCN(C)CC.C=CC.CC.CC(C)CCN(Cc1nc2ccccc2n1C)C(=O)c1ccc(OC(F)(F)F)cc1.CCC. The fourth-order valence-electron chi connectivity index (χ4n) is 3.83. The average molecular weight is 677 g/mol. The van der Waals surface area contributed by atoms with Gasteiger partial charge >= 0.3 is 6.36 Å². The number of hydrogen-bond acceptors (Lipinski definition) is 4. The van der Waals surface area contributed by atoms with Gasteiger partial charge in [-0.2, -0.15) is 0 Å². The number of hydrogen-bond donors (Lipinski definition) is 0. The van der Waals surface area contributed by atoms with Gasteiger partial charge in [0.2, 0.25) is 0 Å². The van der Waals surface area contributed by atoms with E-state index in [1.165, 1.54) is 37.1 Å². The minimum atomic E-state index is -4.77. The topological polar surface area (TPSA) is 50.6 Å². The van der Waals surface area contributed by atoms with Gasteiger partial charge in [0.25, 0.3) is 5.91 Å². The van der Waals surface area contributed by atoms with Gasteiger partial charge in [-0.25, -0.2) is 4.98 Å². The van der Waals surface area contributed by atoms with Gasteiger partial charge in [-0.15, -0.1) is 19.8 Å². The fraction of sp³-hybridized carbons (Fsp3) is 0.538. The number of benzene rings is 2. The second-order valence-electron chi connectivity index (χ2n) is 11.5. The minimum absolute atomic E-state index is 0.263. The first-order chi connectivity index (χ1) is 22.7. The number of fused-ring (bicyclic) bond motifs is 1. The Labute approximate surface area is 289 Å². The van der Waals surface area contributed by atoms with Crippen molar-refractivity contribution in [1.29, 1.82) is 0 Å². The normalized spacial score (nSPS) is 10.8. The molecule has 0 fully saturated rings. The number of rotatable bonds is 11. The number of amides is 1. The number of alkyl halides is 3. The number of halogens is 3. The molecule has 0 aliphatic heterocycles. The van der Waals surface area contributed by atoms with E-state index in [0.717, 1.165) is 42.0 Å². The van der Waals surface area contributed by atoms with Crippen molar-refractivity contribution in [2.75, 3.05) is 26.7 Å². The number of imidazole rings is 1. The molecule has 0 radical (unpaired) electrons. The molecule has 0 spiro atoms. The Bertz CT molecular complexity index is 1300. The number of aryl methyl sites for hydroxylation is 1. The Morgan fingerprint density at radius 1 is 1.02 bits per heavy atom. The van der Waals surface area contributed by atoms with E-state index in [1.54, 1.807) is 11.0 Å². The van der Waals surface area contributed by atoms with Gasteiger partial charge in [-0.05, 0) is 89.5 Å². The maximum absolute atomic E-state index is 13.1. The zero-order valence-electron chi connectivity index (χ0n) is 31.7. The van der Waals surface area contributed by atoms with E-state index < -0.39 is 6.36 Å². The summed E-state index contributed by atoms with van der Waals surface area (Å²) in [6.07, 6.45) is 2.42. The van der Waals surface area contributed by atoms with E-state index in [0.29, 0.717) is 24.6 Å². The zero-order chi connectivity index (χ0) is 37.3. The molecule has 1 aromatic heterocycles. The molecule has 0 saturated carbocycles. The fourth-order valence-corrected chi connectivity index (χ4v) is 3.83. The number of carbonyl (C=O) groups excluding carboxylic acids is 1. The summed E-state index contributed by atoms with van der Waals surface area (Å²) in [7, 11) is 4.06. The van der Waals surface area contributed by atoms with Gasteiger partial charge < -0.3 is 19.1 Å². The van der Waals surface area contributed by atoms with Crippen LogP contribution in [0.25, 0.3) is 11.0 Å². The number of nitrogens with zero attached hydrogens (tertiary/aromatic N) is 4. The number of allylic oxidation sites excluding steroid dienone is 2. The highest BCUT2D eigenvalue weighted by Gasteiger charge is 2.31. The van der Waals surface area contributed by atoms with Crippen LogP contribution in [0.1, 0.15) is 105 Å². The average Bonchev–Trinajstić information content (AvgIpc) is 3.37. The molecule has 2 aromatic carbocycles. The Hall–Kier alpha value is -3.59. The quantitative estimate of drug-likeness (QED) is 0.190. The first kappa shape index (κ1) is 46.5. The molecule has 0 aliphatic carbocycles. The molecule has 0 saturated heterocycles. The van der Waals surface area contributed by atoms with Gasteiger partial charge in [-0.1, -0.05) is 84.7 Å². The molecule has 3 aromatic rings. The van der Waals surface area contributed by atoms with E-state index in [4.69, 9.17) is 0 Å². The predicted molar refractivity (Wildman–Crippen MR) is 198 cm³/mol. The van der Waals surface area contributed by atoms with Crippen LogP contribution < -0.4 is 4.74 Å². The van der Waals surface area contributed by atoms with Gasteiger partial charge in [0.05, 0.1) is 17.6 Å². The smallest absolute Gasteiger partial charge is 0.406 e. The number of ether oxygens (including phenoxy) is 1. The lowest BCUT2D eigenvalue weighted by Gasteiger charge is -2.23. The lowest BCUT2D eigenvalue weighted by molar-refractivity contribution is -0.274. The highest BCUT2D eigenvalue weighted by molar-refractivity contribution is 5.94. The summed E-state index contributed by atoms with van der Waals surface area (Å²) < 4.78 is 42.9. The highest BCUT2D eigenvalue weighted by Crippen LogP contribution is 2.24. The van der Waals surface area contributed by atoms with Gasteiger partial charge in [-0.3, -0.25) is 4.79 Å². The molecule has 9 heteroatoms. The predicted octanol–water partition coefficient (Wildman–Crippen LogP) is 11.1. The molecular formula is C39H63F3N4O2. The Morgan fingerprint density at radius 3 is 2.02 bits per heavy atom. The molecule has 0 aliphatic rings. The van der Waals surface area contributed by atoms with Gasteiger partial charge in [0.15, 0.2) is 0 Å². The monoisotopic (exact) mass is 676 g/mol. The van der Waals surface area contributed by atoms with Crippen LogP contribution in [0.3, 0.4) is 0 Å². The summed E-state index contributed by atoms with van der Waals surface area (Å²) in [4.78, 5) is 21.8. The molecule has 0 bridgehead atoms. The van der Waals surface area contributed by atoms with Gasteiger partial charge in [0.1, 0.15) is 11.6 Å². The summed E-state index contributed by atoms with van der Waals surface area (Å²) in [5.41, 5.74) is 3.60. The van der Waals surface area contributed by atoms with Crippen molar-refractivity contribution in [2.45, 2.75) is 101 Å². The lowest BCUT2D eigenvalue weighted by atomic mass is 10.1. The van der Waals surface area contributed by atoms with Crippen molar-refractivity contribution in [3.8, 4) is 5.75 Å². The summed E-state index contributed by atoms with van der Waals surface area (Å²) in [5, 5.41) is 0. The molecule has 6 nitrogen and oxygen atoms in total. The Kier molecular flexibility index (Phi) is 25.6. The maximum Gasteiger partial charge on any atom is 0.573 e. The van der Waals surface area contributed by atoms with Crippen LogP contribution in [0, 0.1) is 5.92 Å². The molecule has 1 amide bonds. The summed E-state index contributed by atoms with van der Waals surface area (Å²) in [6, 6.07) is 12.7. The number of carbonyl (C=O) groups is 1. The summed E-state index contributed by atoms with van der Waals surface area (Å²) in [6.45, 7) is 27.3. The summed E-state index contributed by atoms with van der Waals surface area (Å²) in [5.74, 6) is 0.512. The van der Waals surface area contributed by atoms with Crippen LogP contribution in [0.2, 0.25) is 0 Å². The Morgan fingerprint density at radius 2 is 1.56 bits per heavy atom. The highest BCUT2D eigenvalue weighted by atomic mass is 19.4. The first-order valence-corrected chi connectivity index (χ1v) is 17.1. The van der Waals surface area contributed by atoms with Gasteiger partial charge in [0, 0.05) is 25.7 Å². The van der Waals surface area contributed by atoms with Crippen LogP contribution in [-0.4, -0.2) is 58.3 Å². The summed E-state index contributed by atoms with van der Waals surface area (Å²) >= 11 is 0. The van der Waals surface area contributed by atoms with E-state index in [1.807, 2.05) is 56.7 Å². The molecule has 0 unspecified atom stereocenters. The van der Waals surface area contributed by atoms with Crippen molar-refractivity contribution in [3.05, 3.63) is 84.2 Å². The third-order valence-corrected chi connectivity index (χ3v) is 6.73. The van der Waals surface area contributed by atoms with Crippen LogP contribution in [0.5, 0.6) is 5.75 Å². The van der Waals surface area contributed by atoms with E-state index in [-0.39, 0.29) is 11.7 Å². The molecular weight excluding hydrogens is 613 g/mol. The van der Waals surface area contributed by atoms with E-state index in [2.05, 4.69) is 82.8 Å². The molecule has 48 heavy (non-hydrogen) atoms. The van der Waals surface area contributed by atoms with E-state index >= 15 is 0 Å². The molecule has 1 heterocycles. The van der Waals surface area contributed by atoms with Crippen LogP contribution in [-0.2, 0) is 13.6 Å². The Balaban J connectivity index is 0. The molecule has 0 N–H and O–H groups in total. The number of aromatic nitrogens is 2. The van der Waals surface area contributed by atoms with Crippen molar-refractivity contribution in [3.63, 3.8) is 0 Å². The minimum Gasteiger partial charge on any atom is -0.406 e. The molecule has 3 rings (SSSR count). The lowest BCUT2D eigenvalue weighted by Crippen LogP contribution is -2.33. The number of para-hydroxylation sites is 2. The zero-order valence-corrected chi connectivity index (χ0v) is 31.7. The van der Waals surface area contributed by atoms with E-state index in [9.17, 15) is 18.0 Å². The van der Waals surface area contributed by atoms with Crippen LogP contribution in [0.4, 0.5) is 13.2 Å². The standard InChI is InChI=1S/C22H24F3N3O2.C9H19N.C3H8.C3H6.C2H6/c1-15(2)12-13-28(14-20-26-18-6-4-5-7-19(18)27(20)3)21(29)16-8-10-17(11-9-16)30-22(23,24)25;1-5-9(3)7-8-10(4)6-2;2*1-3-2;1-2/h4-11,15H,12-14H2,1-3H3;5H,6-8H2,1-4H3;3H2,1-2H3;3H,1H2,2H3;1-2H3/b;9-5-;;;. The van der Waals surface area contributed by atoms with Crippen molar-refractivity contribution in [1.82, 2.24) is 19.4 Å².